The molecule has 0 spiro atoms. The number of ether oxygens (including phenoxy) is 2. The molecule has 1 N–H and O–H groups in total. The van der Waals surface area contributed by atoms with Gasteiger partial charge in [0.2, 0.25) is 6.79 Å². The standard InChI is InChI=1S/C17H17N3O5/c1-19-6-11(5-18-19)16(21)20-7-12(13(8-20)17(22)23)10-2-3-14-15(4-10)25-9-24-14/h2-6,12-13H,7-9H2,1H3,(H,22,23)/t12-,13+/m1/s1. The van der Waals surface area contributed by atoms with Gasteiger partial charge in [-0.15, -0.1) is 0 Å². The van der Waals surface area contributed by atoms with E-state index in [0.29, 0.717) is 23.6 Å². The lowest BCUT2D eigenvalue weighted by molar-refractivity contribution is -0.141. The predicted molar refractivity (Wildman–Crippen MR) is 85.5 cm³/mol. The zero-order valence-corrected chi connectivity index (χ0v) is 13.6. The molecule has 25 heavy (non-hydrogen) atoms. The summed E-state index contributed by atoms with van der Waals surface area (Å²) in [4.78, 5) is 25.9. The van der Waals surface area contributed by atoms with E-state index in [0.717, 1.165) is 5.56 Å². The number of benzene rings is 1. The summed E-state index contributed by atoms with van der Waals surface area (Å²) >= 11 is 0. The Balaban J connectivity index is 1.61. The van der Waals surface area contributed by atoms with Gasteiger partial charge in [0.15, 0.2) is 11.5 Å². The first-order valence-corrected chi connectivity index (χ1v) is 7.93. The molecule has 3 heterocycles. The quantitative estimate of drug-likeness (QED) is 0.897. The van der Waals surface area contributed by atoms with E-state index in [1.54, 1.807) is 35.0 Å². The van der Waals surface area contributed by atoms with Gasteiger partial charge in [0, 0.05) is 32.3 Å². The maximum Gasteiger partial charge on any atom is 0.308 e. The molecule has 1 amide bonds. The van der Waals surface area contributed by atoms with Crippen LogP contribution in [0.1, 0.15) is 21.8 Å². The van der Waals surface area contributed by atoms with E-state index in [9.17, 15) is 14.7 Å². The average Bonchev–Trinajstić information content (AvgIpc) is 3.32. The molecule has 0 radical (unpaired) electrons. The fourth-order valence-corrected chi connectivity index (χ4v) is 3.42. The highest BCUT2D eigenvalue weighted by Crippen LogP contribution is 2.39. The first-order valence-electron chi connectivity index (χ1n) is 7.93. The van der Waals surface area contributed by atoms with Crippen LogP contribution in [0.5, 0.6) is 11.5 Å². The van der Waals surface area contributed by atoms with Gasteiger partial charge in [-0.2, -0.15) is 5.10 Å². The van der Waals surface area contributed by atoms with Crippen molar-refractivity contribution < 1.29 is 24.2 Å². The Labute approximate surface area is 143 Å². The summed E-state index contributed by atoms with van der Waals surface area (Å²) in [6.45, 7) is 0.671. The summed E-state index contributed by atoms with van der Waals surface area (Å²) < 4.78 is 12.2. The van der Waals surface area contributed by atoms with Crippen molar-refractivity contribution >= 4 is 11.9 Å². The van der Waals surface area contributed by atoms with Crippen LogP contribution < -0.4 is 9.47 Å². The molecule has 1 aromatic heterocycles. The topological polar surface area (TPSA) is 93.9 Å². The van der Waals surface area contributed by atoms with Gasteiger partial charge < -0.3 is 19.5 Å². The first-order chi connectivity index (χ1) is 12.0. The van der Waals surface area contributed by atoms with Crippen LogP contribution in [0.3, 0.4) is 0 Å². The van der Waals surface area contributed by atoms with E-state index in [1.165, 1.54) is 6.20 Å². The number of aryl methyl sites for hydroxylation is 1. The van der Waals surface area contributed by atoms with Gasteiger partial charge in [0.25, 0.3) is 5.91 Å². The Morgan fingerprint density at radius 2 is 2.04 bits per heavy atom. The summed E-state index contributed by atoms with van der Waals surface area (Å²) in [7, 11) is 1.73. The maximum absolute atomic E-state index is 12.6. The smallest absolute Gasteiger partial charge is 0.308 e. The van der Waals surface area contributed by atoms with E-state index in [2.05, 4.69) is 5.10 Å². The Hall–Kier alpha value is -3.03. The molecule has 0 saturated carbocycles. The fourth-order valence-electron chi connectivity index (χ4n) is 3.42. The molecule has 1 aromatic carbocycles. The van der Waals surface area contributed by atoms with Gasteiger partial charge >= 0.3 is 5.97 Å². The van der Waals surface area contributed by atoms with E-state index < -0.39 is 11.9 Å². The molecule has 0 aliphatic carbocycles. The van der Waals surface area contributed by atoms with Crippen molar-refractivity contribution in [2.24, 2.45) is 13.0 Å². The Morgan fingerprint density at radius 3 is 2.76 bits per heavy atom. The molecule has 8 heteroatoms. The molecule has 0 bridgehead atoms. The summed E-state index contributed by atoms with van der Waals surface area (Å²) in [5.74, 6) is -0.823. The van der Waals surface area contributed by atoms with Gasteiger partial charge in [-0.25, -0.2) is 0 Å². The molecule has 8 nitrogen and oxygen atoms in total. The number of carbonyl (C=O) groups is 2. The van der Waals surface area contributed by atoms with Crippen molar-refractivity contribution in [1.29, 1.82) is 0 Å². The van der Waals surface area contributed by atoms with Gasteiger partial charge in [-0.3, -0.25) is 14.3 Å². The van der Waals surface area contributed by atoms with Gasteiger partial charge in [-0.1, -0.05) is 6.07 Å². The number of nitrogens with zero attached hydrogens (tertiary/aromatic N) is 3. The monoisotopic (exact) mass is 343 g/mol. The molecular weight excluding hydrogens is 326 g/mol. The van der Waals surface area contributed by atoms with Crippen LogP contribution in [0, 0.1) is 5.92 Å². The highest BCUT2D eigenvalue weighted by Gasteiger charge is 2.41. The number of fused-ring (bicyclic) bond motifs is 1. The van der Waals surface area contributed by atoms with Crippen molar-refractivity contribution in [2.75, 3.05) is 19.9 Å². The Bertz CT molecular complexity index is 847. The predicted octanol–water partition coefficient (Wildman–Crippen LogP) is 1.09. The molecule has 0 unspecified atom stereocenters. The second-order valence-corrected chi connectivity index (χ2v) is 6.28. The van der Waals surface area contributed by atoms with Crippen molar-refractivity contribution in [2.45, 2.75) is 5.92 Å². The number of aromatic nitrogens is 2. The number of amides is 1. The van der Waals surface area contributed by atoms with Crippen LogP contribution in [-0.2, 0) is 11.8 Å². The number of hydrogen-bond acceptors (Lipinski definition) is 5. The van der Waals surface area contributed by atoms with Crippen LogP contribution in [-0.4, -0.2) is 51.5 Å². The van der Waals surface area contributed by atoms with Crippen LogP contribution in [0.25, 0.3) is 0 Å². The third kappa shape index (κ3) is 2.69. The minimum absolute atomic E-state index is 0.164. The lowest BCUT2D eigenvalue weighted by Crippen LogP contribution is -2.29. The molecule has 2 aliphatic rings. The van der Waals surface area contributed by atoms with E-state index >= 15 is 0 Å². The van der Waals surface area contributed by atoms with E-state index in [4.69, 9.17) is 9.47 Å². The lowest BCUT2D eigenvalue weighted by atomic mass is 9.89. The third-order valence-corrected chi connectivity index (χ3v) is 4.70. The summed E-state index contributed by atoms with van der Waals surface area (Å²) in [5, 5.41) is 13.6. The Kier molecular flexibility index (Phi) is 3.60. The molecule has 4 rings (SSSR count). The van der Waals surface area contributed by atoms with Crippen LogP contribution in [0.2, 0.25) is 0 Å². The summed E-state index contributed by atoms with van der Waals surface area (Å²) in [6.07, 6.45) is 3.12. The van der Waals surface area contributed by atoms with Crippen molar-refractivity contribution in [3.63, 3.8) is 0 Å². The number of aliphatic carboxylic acids is 1. The summed E-state index contributed by atoms with van der Waals surface area (Å²) in [5.41, 5.74) is 1.29. The molecular formula is C17H17N3O5. The molecule has 1 saturated heterocycles. The first kappa shape index (κ1) is 15.5. The van der Waals surface area contributed by atoms with Gasteiger partial charge in [0.05, 0.1) is 17.7 Å². The average molecular weight is 343 g/mol. The minimum atomic E-state index is -0.913. The van der Waals surface area contributed by atoms with E-state index in [1.807, 2.05) is 6.07 Å². The molecule has 2 aromatic rings. The van der Waals surface area contributed by atoms with Gasteiger partial charge in [0.1, 0.15) is 0 Å². The zero-order chi connectivity index (χ0) is 17.6. The number of carboxylic acid groups (broad SMARTS) is 1. The second-order valence-electron chi connectivity index (χ2n) is 6.28. The molecule has 2 aliphatic heterocycles. The SMILES string of the molecule is Cn1cc(C(=O)N2C[C@H](C(=O)O)[C@@H](c3ccc4c(c3)OCO4)C2)cn1. The molecule has 2 atom stereocenters. The van der Waals surface area contributed by atoms with Crippen LogP contribution >= 0.6 is 0 Å². The van der Waals surface area contributed by atoms with Crippen molar-refractivity contribution in [3.8, 4) is 11.5 Å². The van der Waals surface area contributed by atoms with Crippen LogP contribution in [0.15, 0.2) is 30.6 Å². The third-order valence-electron chi connectivity index (χ3n) is 4.70. The number of likely N-dealkylation sites (tertiary alicyclic amines) is 1. The van der Waals surface area contributed by atoms with Crippen LogP contribution in [0.4, 0.5) is 0 Å². The number of carbonyl (C=O) groups excluding carboxylic acids is 1. The Morgan fingerprint density at radius 1 is 1.24 bits per heavy atom. The lowest BCUT2D eigenvalue weighted by Gasteiger charge is -2.16. The largest absolute Gasteiger partial charge is 0.481 e. The van der Waals surface area contributed by atoms with Crippen molar-refractivity contribution in [1.82, 2.24) is 14.7 Å². The van der Waals surface area contributed by atoms with Gasteiger partial charge in [-0.05, 0) is 17.7 Å². The number of rotatable bonds is 3. The van der Waals surface area contributed by atoms with Crippen molar-refractivity contribution in [3.05, 3.63) is 41.7 Å². The minimum Gasteiger partial charge on any atom is -0.481 e. The second kappa shape index (κ2) is 5.80. The zero-order valence-electron chi connectivity index (χ0n) is 13.6. The highest BCUT2D eigenvalue weighted by atomic mass is 16.7. The number of carboxylic acids is 1. The summed E-state index contributed by atoms with van der Waals surface area (Å²) in [6, 6.07) is 5.43. The maximum atomic E-state index is 12.6. The highest BCUT2D eigenvalue weighted by molar-refractivity contribution is 5.94. The number of hydrogen-bond donors (Lipinski definition) is 1. The molecule has 1 fully saturated rings. The normalized spacial score (nSPS) is 21.6. The van der Waals surface area contributed by atoms with E-state index in [-0.39, 0.29) is 25.2 Å². The fraction of sp³-hybridized carbons (Fsp3) is 0.353. The molecule has 130 valence electrons.